The van der Waals surface area contributed by atoms with E-state index in [-0.39, 0.29) is 5.75 Å². The van der Waals surface area contributed by atoms with Crippen molar-refractivity contribution in [3.63, 3.8) is 0 Å². The van der Waals surface area contributed by atoms with E-state index in [1.165, 1.54) is 0 Å². The first-order valence-corrected chi connectivity index (χ1v) is 7.27. The van der Waals surface area contributed by atoms with E-state index < -0.39 is 5.97 Å². The normalized spacial score (nSPS) is 10.9. The van der Waals surface area contributed by atoms with Crippen molar-refractivity contribution in [2.24, 2.45) is 0 Å². The standard InChI is InChI=1S/C11H16N6O2S/c1-3-8-14-15-11(20-6-10(18)19)17(8)5-9-13-12-7-16(9)4-2/h7H,3-6H2,1-2H3,(H,18,19). The lowest BCUT2D eigenvalue weighted by atomic mass is 10.4. The van der Waals surface area contributed by atoms with Gasteiger partial charge in [0.05, 0.1) is 12.3 Å². The maximum absolute atomic E-state index is 10.7. The molecule has 0 amide bonds. The Hall–Kier alpha value is -1.90. The second-order valence-electron chi connectivity index (χ2n) is 4.05. The number of aliphatic carboxylic acids is 1. The van der Waals surface area contributed by atoms with Crippen molar-refractivity contribution >= 4 is 17.7 Å². The van der Waals surface area contributed by atoms with E-state index in [0.717, 1.165) is 36.4 Å². The summed E-state index contributed by atoms with van der Waals surface area (Å²) in [6.45, 7) is 5.27. The quantitative estimate of drug-likeness (QED) is 0.750. The average Bonchev–Trinajstić information content (AvgIpc) is 3.03. The summed E-state index contributed by atoms with van der Waals surface area (Å²) in [5, 5.41) is 25.5. The fraction of sp³-hybridized carbons (Fsp3) is 0.545. The van der Waals surface area contributed by atoms with Crippen LogP contribution < -0.4 is 0 Å². The summed E-state index contributed by atoms with van der Waals surface area (Å²) in [4.78, 5) is 10.7. The van der Waals surface area contributed by atoms with Crippen LogP contribution in [0.3, 0.4) is 0 Å². The summed E-state index contributed by atoms with van der Waals surface area (Å²) in [5.74, 6) is 0.699. The fourth-order valence-corrected chi connectivity index (χ4v) is 2.46. The Morgan fingerprint density at radius 3 is 2.75 bits per heavy atom. The lowest BCUT2D eigenvalue weighted by Gasteiger charge is -2.09. The van der Waals surface area contributed by atoms with Crippen molar-refractivity contribution in [3.05, 3.63) is 18.0 Å². The number of nitrogens with zero attached hydrogens (tertiary/aromatic N) is 6. The molecule has 2 aromatic heterocycles. The Morgan fingerprint density at radius 2 is 2.10 bits per heavy atom. The third kappa shape index (κ3) is 3.16. The molecule has 0 aliphatic carbocycles. The third-order valence-electron chi connectivity index (χ3n) is 2.77. The van der Waals surface area contributed by atoms with Gasteiger partial charge < -0.3 is 9.67 Å². The zero-order chi connectivity index (χ0) is 14.5. The highest BCUT2D eigenvalue weighted by Gasteiger charge is 2.15. The first-order chi connectivity index (χ1) is 9.65. The lowest BCUT2D eigenvalue weighted by Crippen LogP contribution is -2.12. The van der Waals surface area contributed by atoms with Gasteiger partial charge in [0, 0.05) is 13.0 Å². The molecule has 20 heavy (non-hydrogen) atoms. The molecule has 2 rings (SSSR count). The van der Waals surface area contributed by atoms with Crippen molar-refractivity contribution in [2.45, 2.75) is 38.5 Å². The van der Waals surface area contributed by atoms with E-state index in [4.69, 9.17) is 5.11 Å². The molecule has 0 fully saturated rings. The number of rotatable bonds is 7. The zero-order valence-electron chi connectivity index (χ0n) is 11.4. The van der Waals surface area contributed by atoms with Gasteiger partial charge in [0.1, 0.15) is 12.2 Å². The highest BCUT2D eigenvalue weighted by molar-refractivity contribution is 7.99. The van der Waals surface area contributed by atoms with Crippen LogP contribution >= 0.6 is 11.8 Å². The van der Waals surface area contributed by atoms with Gasteiger partial charge in [-0.3, -0.25) is 9.36 Å². The van der Waals surface area contributed by atoms with Crippen molar-refractivity contribution in [3.8, 4) is 0 Å². The van der Waals surface area contributed by atoms with Crippen molar-refractivity contribution in [2.75, 3.05) is 5.75 Å². The number of carboxylic acids is 1. The molecule has 0 radical (unpaired) electrons. The van der Waals surface area contributed by atoms with Crippen molar-refractivity contribution in [1.82, 2.24) is 29.5 Å². The van der Waals surface area contributed by atoms with Crippen LogP contribution in [0.5, 0.6) is 0 Å². The second-order valence-corrected chi connectivity index (χ2v) is 5.00. The molecule has 0 aromatic carbocycles. The summed E-state index contributed by atoms with van der Waals surface area (Å²) in [5.41, 5.74) is 0. The molecule has 8 nitrogen and oxygen atoms in total. The van der Waals surface area contributed by atoms with E-state index in [0.29, 0.717) is 11.7 Å². The molecular weight excluding hydrogens is 280 g/mol. The van der Waals surface area contributed by atoms with Gasteiger partial charge in [0.25, 0.3) is 0 Å². The maximum Gasteiger partial charge on any atom is 0.313 e. The zero-order valence-corrected chi connectivity index (χ0v) is 12.2. The Labute approximate surface area is 120 Å². The Morgan fingerprint density at radius 1 is 1.30 bits per heavy atom. The Kier molecular flexibility index (Phi) is 4.72. The minimum absolute atomic E-state index is 0.0394. The van der Waals surface area contributed by atoms with Gasteiger partial charge in [0.2, 0.25) is 0 Å². The van der Waals surface area contributed by atoms with Gasteiger partial charge in [-0.1, -0.05) is 18.7 Å². The van der Waals surface area contributed by atoms with Crippen molar-refractivity contribution < 1.29 is 9.90 Å². The van der Waals surface area contributed by atoms with Crippen LogP contribution in [0.25, 0.3) is 0 Å². The SMILES string of the molecule is CCc1nnc(SCC(=O)O)n1Cc1nncn1CC. The summed E-state index contributed by atoms with van der Waals surface area (Å²) < 4.78 is 3.83. The predicted octanol–water partition coefficient (Wildman–Crippen LogP) is 0.677. The molecule has 9 heteroatoms. The van der Waals surface area contributed by atoms with Crippen LogP contribution in [-0.4, -0.2) is 46.4 Å². The Bertz CT molecular complexity index is 594. The van der Waals surface area contributed by atoms with Gasteiger partial charge >= 0.3 is 5.97 Å². The fourth-order valence-electron chi connectivity index (χ4n) is 1.78. The number of aryl methyl sites for hydroxylation is 2. The number of hydrogen-bond donors (Lipinski definition) is 1. The molecule has 0 atom stereocenters. The molecular formula is C11H16N6O2S. The number of carboxylic acid groups (broad SMARTS) is 1. The molecule has 1 N–H and O–H groups in total. The van der Waals surface area contributed by atoms with E-state index in [2.05, 4.69) is 20.4 Å². The smallest absolute Gasteiger partial charge is 0.313 e. The van der Waals surface area contributed by atoms with Gasteiger partial charge in [-0.2, -0.15) is 0 Å². The molecule has 0 unspecified atom stereocenters. The largest absolute Gasteiger partial charge is 0.481 e. The molecule has 0 saturated carbocycles. The minimum atomic E-state index is -0.876. The molecule has 2 heterocycles. The first-order valence-electron chi connectivity index (χ1n) is 6.29. The Balaban J connectivity index is 2.24. The number of aromatic nitrogens is 6. The highest BCUT2D eigenvalue weighted by atomic mass is 32.2. The van der Waals surface area contributed by atoms with Gasteiger partial charge in [-0.05, 0) is 6.92 Å². The highest BCUT2D eigenvalue weighted by Crippen LogP contribution is 2.18. The van der Waals surface area contributed by atoms with Gasteiger partial charge in [-0.15, -0.1) is 20.4 Å². The average molecular weight is 296 g/mol. The van der Waals surface area contributed by atoms with Gasteiger partial charge in [-0.25, -0.2) is 0 Å². The lowest BCUT2D eigenvalue weighted by molar-refractivity contribution is -0.133. The van der Waals surface area contributed by atoms with Crippen LogP contribution in [0.1, 0.15) is 25.5 Å². The van der Waals surface area contributed by atoms with Crippen LogP contribution in [0.2, 0.25) is 0 Å². The van der Waals surface area contributed by atoms with Gasteiger partial charge in [0.15, 0.2) is 11.0 Å². The summed E-state index contributed by atoms with van der Waals surface area (Å²) in [6, 6.07) is 0. The predicted molar refractivity (Wildman–Crippen MR) is 72.6 cm³/mol. The number of carbonyl (C=O) groups is 1. The van der Waals surface area contributed by atoms with Crippen LogP contribution in [0.15, 0.2) is 11.5 Å². The molecule has 0 aliphatic rings. The van der Waals surface area contributed by atoms with E-state index >= 15 is 0 Å². The molecule has 0 saturated heterocycles. The maximum atomic E-state index is 10.7. The van der Waals surface area contributed by atoms with E-state index in [9.17, 15) is 4.79 Å². The minimum Gasteiger partial charge on any atom is -0.481 e. The summed E-state index contributed by atoms with van der Waals surface area (Å²) in [7, 11) is 0. The number of thioether (sulfide) groups is 1. The van der Waals surface area contributed by atoms with Crippen molar-refractivity contribution in [1.29, 1.82) is 0 Å². The topological polar surface area (TPSA) is 98.7 Å². The third-order valence-corrected chi connectivity index (χ3v) is 3.72. The monoisotopic (exact) mass is 296 g/mol. The molecule has 0 bridgehead atoms. The van der Waals surface area contributed by atoms with Crippen LogP contribution in [0, 0.1) is 0 Å². The van der Waals surface area contributed by atoms with Crippen LogP contribution in [-0.2, 0) is 24.3 Å². The molecule has 0 spiro atoms. The van der Waals surface area contributed by atoms with Crippen LogP contribution in [0.4, 0.5) is 0 Å². The van der Waals surface area contributed by atoms with E-state index in [1.54, 1.807) is 6.33 Å². The summed E-state index contributed by atoms with van der Waals surface area (Å²) >= 11 is 1.16. The van der Waals surface area contributed by atoms with E-state index in [1.807, 2.05) is 23.0 Å². The molecule has 0 aliphatic heterocycles. The molecule has 2 aromatic rings. The molecule has 108 valence electrons. The first kappa shape index (κ1) is 14.5. The second kappa shape index (κ2) is 6.51. The number of hydrogen-bond acceptors (Lipinski definition) is 6. The summed E-state index contributed by atoms with van der Waals surface area (Å²) in [6.07, 6.45) is 2.40.